The zero-order valence-electron chi connectivity index (χ0n) is 9.71. The number of nitrogens with zero attached hydrogens (tertiary/aromatic N) is 1. The van der Waals surface area contributed by atoms with Gasteiger partial charge in [-0.15, -0.1) is 0 Å². The van der Waals surface area contributed by atoms with Crippen LogP contribution in [0.3, 0.4) is 0 Å². The van der Waals surface area contributed by atoms with Crippen molar-refractivity contribution < 1.29 is 14.6 Å². The van der Waals surface area contributed by atoms with E-state index in [-0.39, 0.29) is 6.04 Å². The Morgan fingerprint density at radius 3 is 2.82 bits per heavy atom. The minimum absolute atomic E-state index is 0.0125. The van der Waals surface area contributed by atoms with Gasteiger partial charge in [-0.05, 0) is 31.4 Å². The van der Waals surface area contributed by atoms with Crippen LogP contribution in [-0.2, 0) is 0 Å². The average molecular weight is 235 g/mol. The van der Waals surface area contributed by atoms with Crippen LogP contribution < -0.4 is 4.74 Å². The molecule has 0 radical (unpaired) electrons. The summed E-state index contributed by atoms with van der Waals surface area (Å²) in [6, 6.07) is 9.50. The normalized spacial score (nSPS) is 20.0. The predicted molar refractivity (Wildman–Crippen MR) is 64.3 cm³/mol. The van der Waals surface area contributed by atoms with Gasteiger partial charge in [0.25, 0.3) is 0 Å². The van der Waals surface area contributed by atoms with Gasteiger partial charge < -0.3 is 14.7 Å². The van der Waals surface area contributed by atoms with Crippen molar-refractivity contribution in [2.75, 3.05) is 13.2 Å². The number of ether oxygens (including phenoxy) is 1. The first-order valence-electron chi connectivity index (χ1n) is 5.95. The molecule has 1 aliphatic rings. The Morgan fingerprint density at radius 2 is 2.12 bits per heavy atom. The van der Waals surface area contributed by atoms with E-state index >= 15 is 0 Å². The van der Waals surface area contributed by atoms with Crippen molar-refractivity contribution in [2.24, 2.45) is 0 Å². The van der Waals surface area contributed by atoms with Crippen molar-refractivity contribution >= 4 is 6.09 Å². The number of amides is 1. The molecule has 1 N–H and O–H groups in total. The molecule has 0 aliphatic carbocycles. The van der Waals surface area contributed by atoms with Crippen LogP contribution in [0.1, 0.15) is 19.3 Å². The lowest BCUT2D eigenvalue weighted by Crippen LogP contribution is -2.46. The first kappa shape index (κ1) is 11.8. The third-order valence-electron chi connectivity index (χ3n) is 3.06. The predicted octanol–water partition coefficient (Wildman–Crippen LogP) is 2.60. The third kappa shape index (κ3) is 3.12. The highest BCUT2D eigenvalue weighted by Crippen LogP contribution is 2.18. The van der Waals surface area contributed by atoms with Crippen LogP contribution in [0, 0.1) is 0 Å². The summed E-state index contributed by atoms with van der Waals surface area (Å²) in [5, 5.41) is 9.08. The molecule has 4 nitrogen and oxygen atoms in total. The molecule has 17 heavy (non-hydrogen) atoms. The molecule has 1 unspecified atom stereocenters. The minimum Gasteiger partial charge on any atom is -0.491 e. The van der Waals surface area contributed by atoms with Crippen molar-refractivity contribution in [3.05, 3.63) is 30.3 Å². The number of rotatable bonds is 3. The molecule has 0 bridgehead atoms. The summed E-state index contributed by atoms with van der Waals surface area (Å²) in [5.41, 5.74) is 0. The Kier molecular flexibility index (Phi) is 3.85. The summed E-state index contributed by atoms with van der Waals surface area (Å²) in [6.07, 6.45) is 2.08. The monoisotopic (exact) mass is 235 g/mol. The number of carbonyl (C=O) groups is 1. The third-order valence-corrected chi connectivity index (χ3v) is 3.06. The van der Waals surface area contributed by atoms with E-state index in [9.17, 15) is 4.79 Å². The van der Waals surface area contributed by atoms with Crippen molar-refractivity contribution in [2.45, 2.75) is 25.3 Å². The maximum atomic E-state index is 11.0. The van der Waals surface area contributed by atoms with Crippen LogP contribution >= 0.6 is 0 Å². The van der Waals surface area contributed by atoms with Crippen LogP contribution in [-0.4, -0.2) is 35.3 Å². The van der Waals surface area contributed by atoms with E-state index in [0.29, 0.717) is 13.2 Å². The first-order valence-corrected chi connectivity index (χ1v) is 5.95. The summed E-state index contributed by atoms with van der Waals surface area (Å²) in [4.78, 5) is 12.5. The molecule has 0 aromatic heterocycles. The van der Waals surface area contributed by atoms with E-state index < -0.39 is 6.09 Å². The maximum absolute atomic E-state index is 11.0. The number of piperidine rings is 1. The van der Waals surface area contributed by atoms with Gasteiger partial charge in [0.05, 0.1) is 6.04 Å². The molecule has 1 aromatic rings. The first-order chi connectivity index (χ1) is 8.27. The van der Waals surface area contributed by atoms with Gasteiger partial charge in [0.15, 0.2) is 0 Å². The van der Waals surface area contributed by atoms with Gasteiger partial charge in [0, 0.05) is 6.54 Å². The molecule has 1 atom stereocenters. The quantitative estimate of drug-likeness (QED) is 0.876. The second-order valence-electron chi connectivity index (χ2n) is 4.25. The van der Waals surface area contributed by atoms with Crippen molar-refractivity contribution in [1.29, 1.82) is 0 Å². The lowest BCUT2D eigenvalue weighted by atomic mass is 10.0. The fourth-order valence-electron chi connectivity index (χ4n) is 2.13. The zero-order chi connectivity index (χ0) is 12.1. The van der Waals surface area contributed by atoms with Crippen molar-refractivity contribution in [1.82, 2.24) is 4.90 Å². The molecule has 1 amide bonds. The fourth-order valence-corrected chi connectivity index (χ4v) is 2.13. The molecule has 1 heterocycles. The lowest BCUT2D eigenvalue weighted by molar-refractivity contribution is 0.0837. The van der Waals surface area contributed by atoms with Gasteiger partial charge in [-0.1, -0.05) is 18.2 Å². The van der Waals surface area contributed by atoms with E-state index in [4.69, 9.17) is 9.84 Å². The largest absolute Gasteiger partial charge is 0.491 e. The number of hydrogen-bond acceptors (Lipinski definition) is 2. The summed E-state index contributed by atoms with van der Waals surface area (Å²) < 4.78 is 5.62. The highest BCUT2D eigenvalue weighted by molar-refractivity contribution is 5.65. The smallest absolute Gasteiger partial charge is 0.407 e. The van der Waals surface area contributed by atoms with Crippen molar-refractivity contribution in [3.8, 4) is 5.75 Å². The number of carboxylic acid groups (broad SMARTS) is 1. The van der Waals surface area contributed by atoms with E-state index in [1.165, 1.54) is 4.90 Å². The maximum Gasteiger partial charge on any atom is 0.407 e. The van der Waals surface area contributed by atoms with Crippen LogP contribution in [0.5, 0.6) is 5.75 Å². The number of likely N-dealkylation sites (tertiary alicyclic amines) is 1. The van der Waals surface area contributed by atoms with Crippen LogP contribution in [0.4, 0.5) is 4.79 Å². The van der Waals surface area contributed by atoms with Gasteiger partial charge in [-0.2, -0.15) is 0 Å². The highest BCUT2D eigenvalue weighted by Gasteiger charge is 2.26. The fraction of sp³-hybridized carbons (Fsp3) is 0.462. The highest BCUT2D eigenvalue weighted by atomic mass is 16.5. The molecule has 0 spiro atoms. The van der Waals surface area contributed by atoms with Gasteiger partial charge in [0.1, 0.15) is 12.4 Å². The van der Waals surface area contributed by atoms with Gasteiger partial charge in [-0.25, -0.2) is 4.79 Å². The average Bonchev–Trinajstić information content (AvgIpc) is 2.38. The van der Waals surface area contributed by atoms with E-state index in [2.05, 4.69) is 0 Å². The summed E-state index contributed by atoms with van der Waals surface area (Å²) in [7, 11) is 0. The second-order valence-corrected chi connectivity index (χ2v) is 4.25. The number of hydrogen-bond donors (Lipinski definition) is 1. The van der Waals surface area contributed by atoms with Crippen LogP contribution in [0.25, 0.3) is 0 Å². The molecule has 4 heteroatoms. The van der Waals surface area contributed by atoms with Gasteiger partial charge in [-0.3, -0.25) is 0 Å². The topological polar surface area (TPSA) is 49.8 Å². The SMILES string of the molecule is O=C(O)N1CCCCC1COc1ccccc1. The Labute approximate surface area is 101 Å². The molecule has 0 saturated carbocycles. The van der Waals surface area contributed by atoms with E-state index in [1.807, 2.05) is 30.3 Å². The molecular weight excluding hydrogens is 218 g/mol. The number of benzene rings is 1. The Morgan fingerprint density at radius 1 is 1.35 bits per heavy atom. The molecular formula is C13H17NO3. The standard InChI is InChI=1S/C13H17NO3/c15-13(16)14-9-5-4-6-11(14)10-17-12-7-2-1-3-8-12/h1-3,7-8,11H,4-6,9-10H2,(H,15,16). The molecule has 1 aliphatic heterocycles. The molecule has 1 saturated heterocycles. The van der Waals surface area contributed by atoms with Crippen LogP contribution in [0.15, 0.2) is 30.3 Å². The Balaban J connectivity index is 1.90. The van der Waals surface area contributed by atoms with Crippen LogP contribution in [0.2, 0.25) is 0 Å². The molecule has 2 rings (SSSR count). The molecule has 92 valence electrons. The van der Waals surface area contributed by atoms with Gasteiger partial charge >= 0.3 is 6.09 Å². The van der Waals surface area contributed by atoms with E-state index in [1.54, 1.807) is 0 Å². The Bertz CT molecular complexity index is 366. The Hall–Kier alpha value is -1.71. The molecule has 1 aromatic carbocycles. The summed E-state index contributed by atoms with van der Waals surface area (Å²) in [5.74, 6) is 0.795. The van der Waals surface area contributed by atoms with E-state index in [0.717, 1.165) is 25.0 Å². The summed E-state index contributed by atoms with van der Waals surface area (Å²) >= 11 is 0. The number of para-hydroxylation sites is 1. The van der Waals surface area contributed by atoms with Gasteiger partial charge in [0.2, 0.25) is 0 Å². The minimum atomic E-state index is -0.841. The lowest BCUT2D eigenvalue weighted by Gasteiger charge is -2.33. The van der Waals surface area contributed by atoms with Crippen molar-refractivity contribution in [3.63, 3.8) is 0 Å². The molecule has 1 fully saturated rings. The summed E-state index contributed by atoms with van der Waals surface area (Å²) in [6.45, 7) is 1.06. The zero-order valence-corrected chi connectivity index (χ0v) is 9.71. The second kappa shape index (κ2) is 5.57.